The number of hydrogen-bond acceptors (Lipinski definition) is 5. The van der Waals surface area contributed by atoms with Crippen LogP contribution in [0.15, 0.2) is 35.7 Å². The topological polar surface area (TPSA) is 71.1 Å². The molecule has 0 aliphatic heterocycles. The maximum Gasteiger partial charge on any atom is 0.267 e. The van der Waals surface area contributed by atoms with Gasteiger partial charge in [0.1, 0.15) is 9.88 Å². The molecule has 25 heavy (non-hydrogen) atoms. The molecule has 8 heteroatoms. The Labute approximate surface area is 157 Å². The summed E-state index contributed by atoms with van der Waals surface area (Å²) in [5.41, 5.74) is 1.68. The average Bonchev–Trinajstić information content (AvgIpc) is 3.19. The monoisotopic (exact) mass is 391 g/mol. The van der Waals surface area contributed by atoms with Gasteiger partial charge in [-0.05, 0) is 36.6 Å². The fraction of sp³-hybridized carbons (Fsp3) is 0.118. The number of amides is 2. The molecule has 1 aromatic carbocycles. The molecule has 0 aliphatic rings. The van der Waals surface area contributed by atoms with Crippen molar-refractivity contribution in [3.05, 3.63) is 51.3 Å². The second-order valence-corrected chi connectivity index (χ2v) is 7.59. The number of thiazole rings is 1. The molecule has 2 amide bonds. The van der Waals surface area contributed by atoms with Crippen molar-refractivity contribution in [3.63, 3.8) is 0 Å². The van der Waals surface area contributed by atoms with Gasteiger partial charge in [0.2, 0.25) is 5.91 Å². The highest BCUT2D eigenvalue weighted by Gasteiger charge is 2.17. The van der Waals surface area contributed by atoms with Crippen LogP contribution in [0.2, 0.25) is 5.02 Å². The molecule has 5 nitrogen and oxygen atoms in total. The Morgan fingerprint density at radius 2 is 2.00 bits per heavy atom. The molecule has 3 aromatic rings. The van der Waals surface area contributed by atoms with Gasteiger partial charge in [0, 0.05) is 12.6 Å². The van der Waals surface area contributed by atoms with Crippen LogP contribution in [-0.2, 0) is 4.79 Å². The molecule has 0 fully saturated rings. The minimum Gasteiger partial charge on any atom is -0.325 e. The number of benzene rings is 1. The van der Waals surface area contributed by atoms with Gasteiger partial charge in [-0.15, -0.1) is 22.7 Å². The van der Waals surface area contributed by atoms with Crippen LogP contribution >= 0.6 is 34.3 Å². The van der Waals surface area contributed by atoms with E-state index in [9.17, 15) is 9.59 Å². The number of aromatic nitrogens is 1. The van der Waals surface area contributed by atoms with Gasteiger partial charge >= 0.3 is 0 Å². The number of thiophene rings is 1. The minimum absolute atomic E-state index is 0.232. The Kier molecular flexibility index (Phi) is 5.17. The molecule has 2 heterocycles. The van der Waals surface area contributed by atoms with Crippen molar-refractivity contribution in [2.75, 3.05) is 10.6 Å². The van der Waals surface area contributed by atoms with Crippen LogP contribution < -0.4 is 10.6 Å². The van der Waals surface area contributed by atoms with Gasteiger partial charge in [-0.25, -0.2) is 4.98 Å². The smallest absolute Gasteiger partial charge is 0.267 e. The van der Waals surface area contributed by atoms with E-state index in [0.717, 1.165) is 9.88 Å². The van der Waals surface area contributed by atoms with Gasteiger partial charge in [-0.2, -0.15) is 0 Å². The maximum absolute atomic E-state index is 12.6. The van der Waals surface area contributed by atoms with Crippen LogP contribution in [0.3, 0.4) is 0 Å². The average molecular weight is 392 g/mol. The Morgan fingerprint density at radius 1 is 1.20 bits per heavy atom. The van der Waals surface area contributed by atoms with Crippen molar-refractivity contribution in [2.45, 2.75) is 13.8 Å². The lowest BCUT2D eigenvalue weighted by molar-refractivity contribution is -0.114. The zero-order valence-corrected chi connectivity index (χ0v) is 15.8. The predicted octanol–water partition coefficient (Wildman–Crippen LogP) is 5.04. The number of halogens is 1. The van der Waals surface area contributed by atoms with E-state index in [1.807, 2.05) is 24.4 Å². The van der Waals surface area contributed by atoms with Crippen molar-refractivity contribution in [1.82, 2.24) is 4.98 Å². The molecule has 0 atom stereocenters. The SMILES string of the molecule is CC(=O)Nc1cc(NC(=O)c2sc(-c3cccs3)nc2C)ccc1Cl. The van der Waals surface area contributed by atoms with Crippen LogP contribution in [0.5, 0.6) is 0 Å². The number of nitrogens with zero attached hydrogens (tertiary/aromatic N) is 1. The number of nitrogens with one attached hydrogen (secondary N) is 2. The molecule has 0 saturated carbocycles. The number of hydrogen-bond donors (Lipinski definition) is 2. The number of aryl methyl sites for hydroxylation is 1. The van der Waals surface area contributed by atoms with Gasteiger partial charge in [0.25, 0.3) is 5.91 Å². The molecular formula is C17H14ClN3O2S2. The number of carbonyl (C=O) groups is 2. The Balaban J connectivity index is 1.82. The van der Waals surface area contributed by atoms with E-state index in [0.29, 0.717) is 27.0 Å². The summed E-state index contributed by atoms with van der Waals surface area (Å²) in [6.07, 6.45) is 0. The quantitative estimate of drug-likeness (QED) is 0.654. The summed E-state index contributed by atoms with van der Waals surface area (Å²) in [7, 11) is 0. The van der Waals surface area contributed by atoms with Crippen molar-refractivity contribution < 1.29 is 9.59 Å². The highest BCUT2D eigenvalue weighted by molar-refractivity contribution is 7.22. The largest absolute Gasteiger partial charge is 0.325 e. The van der Waals surface area contributed by atoms with E-state index in [1.54, 1.807) is 29.5 Å². The molecule has 0 bridgehead atoms. The first kappa shape index (κ1) is 17.6. The highest BCUT2D eigenvalue weighted by atomic mass is 35.5. The summed E-state index contributed by atoms with van der Waals surface area (Å²) in [5, 5.41) is 8.66. The molecule has 0 unspecified atom stereocenters. The normalized spacial score (nSPS) is 10.5. The van der Waals surface area contributed by atoms with Gasteiger partial charge < -0.3 is 10.6 Å². The van der Waals surface area contributed by atoms with Crippen LogP contribution in [0.1, 0.15) is 22.3 Å². The molecule has 0 radical (unpaired) electrons. The van der Waals surface area contributed by atoms with Gasteiger partial charge in [-0.1, -0.05) is 17.7 Å². The van der Waals surface area contributed by atoms with Crippen molar-refractivity contribution in [1.29, 1.82) is 0 Å². The van der Waals surface area contributed by atoms with Gasteiger partial charge in [0.15, 0.2) is 0 Å². The summed E-state index contributed by atoms with van der Waals surface area (Å²) < 4.78 is 0. The molecule has 0 spiro atoms. The fourth-order valence-electron chi connectivity index (χ4n) is 2.19. The lowest BCUT2D eigenvalue weighted by atomic mass is 10.2. The standard InChI is InChI=1S/C17H14ClN3O2S2/c1-9-15(25-17(19-9)14-4-3-7-24-14)16(23)21-11-5-6-12(18)13(8-11)20-10(2)22/h3-8H,1-2H3,(H,20,22)(H,21,23). The van der Waals surface area contributed by atoms with Gasteiger partial charge in [0.05, 0.1) is 21.3 Å². The second kappa shape index (κ2) is 7.35. The first-order chi connectivity index (χ1) is 11.9. The molecule has 0 aliphatic carbocycles. The third kappa shape index (κ3) is 4.07. The number of anilines is 2. The first-order valence-corrected chi connectivity index (χ1v) is 9.41. The van der Waals surface area contributed by atoms with Crippen LogP contribution in [0.25, 0.3) is 9.88 Å². The third-order valence-corrected chi connectivity index (χ3v) is 5.79. The molecule has 128 valence electrons. The number of rotatable bonds is 4. The zero-order chi connectivity index (χ0) is 18.0. The van der Waals surface area contributed by atoms with E-state index in [1.165, 1.54) is 18.3 Å². The highest BCUT2D eigenvalue weighted by Crippen LogP contribution is 2.32. The summed E-state index contributed by atoms with van der Waals surface area (Å²) >= 11 is 8.98. The van der Waals surface area contributed by atoms with E-state index < -0.39 is 0 Å². The Hall–Kier alpha value is -2.22. The zero-order valence-electron chi connectivity index (χ0n) is 13.4. The Morgan fingerprint density at radius 3 is 2.68 bits per heavy atom. The van der Waals surface area contributed by atoms with Crippen molar-refractivity contribution in [2.24, 2.45) is 0 Å². The van der Waals surface area contributed by atoms with Crippen LogP contribution in [-0.4, -0.2) is 16.8 Å². The van der Waals surface area contributed by atoms with Crippen molar-refractivity contribution in [3.8, 4) is 9.88 Å². The fourth-order valence-corrected chi connectivity index (χ4v) is 4.11. The van der Waals surface area contributed by atoms with Crippen LogP contribution in [0, 0.1) is 6.92 Å². The number of carbonyl (C=O) groups excluding carboxylic acids is 2. The van der Waals surface area contributed by atoms with E-state index in [4.69, 9.17) is 11.6 Å². The van der Waals surface area contributed by atoms with Crippen LogP contribution in [0.4, 0.5) is 11.4 Å². The van der Waals surface area contributed by atoms with Crippen molar-refractivity contribution >= 4 is 57.5 Å². The van der Waals surface area contributed by atoms with E-state index in [-0.39, 0.29) is 11.8 Å². The van der Waals surface area contributed by atoms with Gasteiger partial charge in [-0.3, -0.25) is 9.59 Å². The maximum atomic E-state index is 12.6. The first-order valence-electron chi connectivity index (χ1n) is 7.34. The van der Waals surface area contributed by atoms with E-state index >= 15 is 0 Å². The predicted molar refractivity (Wildman–Crippen MR) is 104 cm³/mol. The molecule has 0 saturated heterocycles. The Bertz CT molecular complexity index is 936. The second-order valence-electron chi connectivity index (χ2n) is 5.24. The molecule has 2 aromatic heterocycles. The lowest BCUT2D eigenvalue weighted by Gasteiger charge is -2.09. The third-order valence-electron chi connectivity index (χ3n) is 3.27. The van der Waals surface area contributed by atoms with E-state index in [2.05, 4.69) is 15.6 Å². The molecule has 2 N–H and O–H groups in total. The summed E-state index contributed by atoms with van der Waals surface area (Å²) in [6, 6.07) is 8.86. The summed E-state index contributed by atoms with van der Waals surface area (Å²) in [5.74, 6) is -0.474. The summed E-state index contributed by atoms with van der Waals surface area (Å²) in [6.45, 7) is 3.21. The molecule has 3 rings (SSSR count). The summed E-state index contributed by atoms with van der Waals surface area (Å²) in [4.78, 5) is 29.9. The minimum atomic E-state index is -0.242. The lowest BCUT2D eigenvalue weighted by Crippen LogP contribution is -2.12. The molecular weight excluding hydrogens is 378 g/mol.